The maximum Gasteiger partial charge on any atom is 0.416 e. The van der Waals surface area contributed by atoms with Gasteiger partial charge in [-0.25, -0.2) is 0 Å². The Morgan fingerprint density at radius 2 is 1.66 bits per heavy atom. The Kier molecular flexibility index (Phi) is 10.8. The van der Waals surface area contributed by atoms with Gasteiger partial charge in [-0.3, -0.25) is 0 Å². The molecule has 0 aliphatic heterocycles. The van der Waals surface area contributed by atoms with Crippen LogP contribution in [-0.2, 0) is 12.6 Å². The Morgan fingerprint density at radius 1 is 1.00 bits per heavy atom. The molecule has 0 aliphatic rings. The van der Waals surface area contributed by atoms with Crippen LogP contribution in [0.5, 0.6) is 5.75 Å². The summed E-state index contributed by atoms with van der Waals surface area (Å²) in [6.45, 7) is 10.2. The molecule has 0 fully saturated rings. The molecule has 0 saturated carbocycles. The Bertz CT molecular complexity index is 1060. The van der Waals surface area contributed by atoms with Gasteiger partial charge in [0.1, 0.15) is 12.4 Å². The van der Waals surface area contributed by atoms with Crippen LogP contribution in [-0.4, -0.2) is 23.4 Å². The smallest absolute Gasteiger partial charge is 0.416 e. The quantitative estimate of drug-likeness (QED) is 0.309. The SMILES string of the molecule is CC.Cc1cc(C(O)CCc2sc(-c3ccc(C(F)(F)F)cc3)cc2C(C)C)ccc1OCCO. The van der Waals surface area contributed by atoms with Crippen LogP contribution in [0.25, 0.3) is 10.4 Å². The van der Waals surface area contributed by atoms with Gasteiger partial charge in [0.25, 0.3) is 0 Å². The molecule has 0 saturated heterocycles. The van der Waals surface area contributed by atoms with Crippen molar-refractivity contribution in [1.82, 2.24) is 0 Å². The van der Waals surface area contributed by atoms with Crippen molar-refractivity contribution < 1.29 is 28.1 Å². The molecular weight excluding hydrogens is 473 g/mol. The molecule has 1 aromatic heterocycles. The lowest BCUT2D eigenvalue weighted by Gasteiger charge is -2.15. The minimum Gasteiger partial charge on any atom is -0.491 e. The van der Waals surface area contributed by atoms with Gasteiger partial charge in [0.05, 0.1) is 18.3 Å². The summed E-state index contributed by atoms with van der Waals surface area (Å²) in [7, 11) is 0. The van der Waals surface area contributed by atoms with E-state index in [1.54, 1.807) is 17.4 Å². The molecule has 1 atom stereocenters. The van der Waals surface area contributed by atoms with Crippen molar-refractivity contribution in [2.24, 2.45) is 0 Å². The maximum atomic E-state index is 12.9. The van der Waals surface area contributed by atoms with Crippen LogP contribution in [0, 0.1) is 6.92 Å². The van der Waals surface area contributed by atoms with E-state index in [9.17, 15) is 18.3 Å². The van der Waals surface area contributed by atoms with Crippen molar-refractivity contribution >= 4 is 11.3 Å². The molecule has 0 amide bonds. The van der Waals surface area contributed by atoms with Gasteiger partial charge >= 0.3 is 6.18 Å². The summed E-state index contributed by atoms with van der Waals surface area (Å²) in [5.74, 6) is 0.948. The Labute approximate surface area is 210 Å². The van der Waals surface area contributed by atoms with Gasteiger partial charge in [0.15, 0.2) is 0 Å². The summed E-state index contributed by atoms with van der Waals surface area (Å²) in [6, 6.07) is 12.8. The van der Waals surface area contributed by atoms with Gasteiger partial charge in [0.2, 0.25) is 0 Å². The fourth-order valence-electron chi connectivity index (χ4n) is 3.72. The first-order chi connectivity index (χ1) is 16.6. The Morgan fingerprint density at radius 3 is 2.20 bits per heavy atom. The number of aliphatic hydroxyl groups is 2. The van der Waals surface area contributed by atoms with E-state index in [-0.39, 0.29) is 19.1 Å². The summed E-state index contributed by atoms with van der Waals surface area (Å²) in [6.07, 6.45) is -3.79. The van der Waals surface area contributed by atoms with Gasteiger partial charge in [0, 0.05) is 9.75 Å². The minimum absolute atomic E-state index is 0.0583. The van der Waals surface area contributed by atoms with E-state index in [0.29, 0.717) is 18.6 Å². The number of aliphatic hydroxyl groups excluding tert-OH is 2. The molecule has 1 unspecified atom stereocenters. The summed E-state index contributed by atoms with van der Waals surface area (Å²) in [5.41, 5.74) is 2.96. The highest BCUT2D eigenvalue weighted by Gasteiger charge is 2.30. The lowest BCUT2D eigenvalue weighted by molar-refractivity contribution is -0.137. The summed E-state index contributed by atoms with van der Waals surface area (Å²) < 4.78 is 44.1. The number of alkyl halides is 3. The third-order valence-corrected chi connectivity index (χ3v) is 6.80. The third-order valence-electron chi connectivity index (χ3n) is 5.54. The number of hydrogen-bond donors (Lipinski definition) is 2. The first kappa shape index (κ1) is 28.9. The molecule has 0 aliphatic carbocycles. The van der Waals surface area contributed by atoms with Crippen molar-refractivity contribution in [3.8, 4) is 16.2 Å². The third kappa shape index (κ3) is 7.82. The Hall–Kier alpha value is -2.35. The number of rotatable bonds is 9. The first-order valence-electron chi connectivity index (χ1n) is 11.9. The normalized spacial score (nSPS) is 12.3. The van der Waals surface area contributed by atoms with Crippen molar-refractivity contribution in [2.75, 3.05) is 13.2 Å². The second-order valence-electron chi connectivity index (χ2n) is 8.37. The summed E-state index contributed by atoms with van der Waals surface area (Å²) >= 11 is 1.57. The van der Waals surface area contributed by atoms with E-state index in [1.165, 1.54) is 12.1 Å². The number of aryl methyl sites for hydroxylation is 2. The predicted octanol–water partition coefficient (Wildman–Crippen LogP) is 7.93. The van der Waals surface area contributed by atoms with Crippen LogP contribution in [0.2, 0.25) is 0 Å². The average Bonchev–Trinajstić information content (AvgIpc) is 3.27. The van der Waals surface area contributed by atoms with Crippen LogP contribution < -0.4 is 4.74 Å². The zero-order valence-corrected chi connectivity index (χ0v) is 21.8. The number of benzene rings is 2. The average molecular weight is 509 g/mol. The standard InChI is InChI=1S/C26H29F3O3S.C2H6/c1-16(2)21-15-25(18-4-7-20(8-5-18)26(27,28)29)33-24(21)11-9-22(31)19-6-10-23(17(3)14-19)32-13-12-30;1-2/h4-8,10,14-16,22,30-31H,9,11-13H2,1-3H3;1-2H3. The van der Waals surface area contributed by atoms with E-state index in [2.05, 4.69) is 19.9 Å². The maximum absolute atomic E-state index is 12.9. The molecule has 0 spiro atoms. The van der Waals surface area contributed by atoms with Crippen molar-refractivity contribution in [3.63, 3.8) is 0 Å². The number of thiophene rings is 1. The molecular formula is C28H35F3O3S. The molecule has 2 N–H and O–H groups in total. The first-order valence-corrected chi connectivity index (χ1v) is 12.7. The van der Waals surface area contributed by atoms with Crippen molar-refractivity contribution in [3.05, 3.63) is 75.7 Å². The van der Waals surface area contributed by atoms with Gasteiger partial charge in [-0.05, 0) is 78.3 Å². The van der Waals surface area contributed by atoms with E-state index in [0.717, 1.165) is 44.1 Å². The molecule has 1 heterocycles. The second kappa shape index (κ2) is 13.1. The fraction of sp³-hybridized carbons (Fsp3) is 0.429. The molecule has 3 aromatic rings. The van der Waals surface area contributed by atoms with Gasteiger partial charge < -0.3 is 14.9 Å². The zero-order chi connectivity index (χ0) is 26.2. The fourth-order valence-corrected chi connectivity index (χ4v) is 5.06. The van der Waals surface area contributed by atoms with Crippen molar-refractivity contribution in [2.45, 2.75) is 65.7 Å². The molecule has 3 rings (SSSR count). The topological polar surface area (TPSA) is 49.7 Å². The molecule has 7 heteroatoms. The summed E-state index contributed by atoms with van der Waals surface area (Å²) in [4.78, 5) is 2.07. The van der Waals surface area contributed by atoms with Gasteiger partial charge in [-0.15, -0.1) is 11.3 Å². The molecule has 2 aromatic carbocycles. The number of ether oxygens (including phenoxy) is 1. The van der Waals surface area contributed by atoms with Crippen LogP contribution in [0.3, 0.4) is 0 Å². The highest BCUT2D eigenvalue weighted by Crippen LogP contribution is 2.38. The van der Waals surface area contributed by atoms with E-state index < -0.39 is 17.8 Å². The lowest BCUT2D eigenvalue weighted by Crippen LogP contribution is -2.04. The highest BCUT2D eigenvalue weighted by atomic mass is 32.1. The van der Waals surface area contributed by atoms with Crippen LogP contribution in [0.4, 0.5) is 13.2 Å². The highest BCUT2D eigenvalue weighted by molar-refractivity contribution is 7.15. The lowest BCUT2D eigenvalue weighted by atomic mass is 9.97. The van der Waals surface area contributed by atoms with Crippen LogP contribution in [0.1, 0.15) is 73.3 Å². The largest absolute Gasteiger partial charge is 0.491 e. The number of halogens is 3. The number of hydrogen-bond acceptors (Lipinski definition) is 4. The molecule has 0 radical (unpaired) electrons. The van der Waals surface area contributed by atoms with E-state index in [1.807, 2.05) is 32.9 Å². The Balaban J connectivity index is 0.00000210. The second-order valence-corrected chi connectivity index (χ2v) is 9.51. The minimum atomic E-state index is -4.35. The van der Waals surface area contributed by atoms with E-state index >= 15 is 0 Å². The zero-order valence-electron chi connectivity index (χ0n) is 20.9. The predicted molar refractivity (Wildman–Crippen MR) is 137 cm³/mol. The van der Waals surface area contributed by atoms with Crippen molar-refractivity contribution in [1.29, 1.82) is 0 Å². The summed E-state index contributed by atoms with van der Waals surface area (Å²) in [5, 5.41) is 19.7. The van der Waals surface area contributed by atoms with E-state index in [4.69, 9.17) is 9.84 Å². The molecule has 0 bridgehead atoms. The van der Waals surface area contributed by atoms with Gasteiger partial charge in [-0.1, -0.05) is 45.9 Å². The van der Waals surface area contributed by atoms with Crippen LogP contribution in [0.15, 0.2) is 48.5 Å². The monoisotopic (exact) mass is 508 g/mol. The van der Waals surface area contributed by atoms with Gasteiger partial charge in [-0.2, -0.15) is 13.2 Å². The van der Waals surface area contributed by atoms with Crippen LogP contribution >= 0.6 is 11.3 Å². The molecule has 3 nitrogen and oxygen atoms in total. The molecule has 192 valence electrons. The molecule has 35 heavy (non-hydrogen) atoms.